The van der Waals surface area contributed by atoms with E-state index in [1.54, 1.807) is 0 Å². The van der Waals surface area contributed by atoms with E-state index in [1.807, 2.05) is 0 Å². The molecule has 0 aromatic heterocycles. The molecular formula is C15H8F2N2O3. The summed E-state index contributed by atoms with van der Waals surface area (Å²) in [6.07, 6.45) is 0. The minimum Gasteiger partial charge on any atom is -0.321 e. The molecule has 2 aromatic rings. The highest BCUT2D eigenvalue weighted by Crippen LogP contribution is 2.25. The number of amides is 3. The summed E-state index contributed by atoms with van der Waals surface area (Å²) in [7, 11) is 0. The fourth-order valence-corrected chi connectivity index (χ4v) is 2.19. The first kappa shape index (κ1) is 13.9. The number of imide groups is 1. The number of anilines is 1. The van der Waals surface area contributed by atoms with E-state index < -0.39 is 29.4 Å². The Hall–Kier alpha value is -3.09. The minimum atomic E-state index is -1.02. The highest BCUT2D eigenvalue weighted by atomic mass is 19.1. The fourth-order valence-electron chi connectivity index (χ4n) is 2.19. The van der Waals surface area contributed by atoms with Crippen molar-refractivity contribution in [1.82, 2.24) is 5.32 Å². The third-order valence-corrected chi connectivity index (χ3v) is 3.19. The first-order chi connectivity index (χ1) is 10.5. The van der Waals surface area contributed by atoms with Gasteiger partial charge >= 0.3 is 0 Å². The minimum absolute atomic E-state index is 0.0170. The topological polar surface area (TPSA) is 75.3 Å². The summed E-state index contributed by atoms with van der Waals surface area (Å²) in [4.78, 5) is 35.3. The van der Waals surface area contributed by atoms with Gasteiger partial charge < -0.3 is 5.32 Å². The van der Waals surface area contributed by atoms with E-state index in [9.17, 15) is 23.2 Å². The first-order valence-electron chi connectivity index (χ1n) is 6.22. The third kappa shape index (κ3) is 2.22. The zero-order valence-electron chi connectivity index (χ0n) is 10.9. The fraction of sp³-hybridized carbons (Fsp3) is 0. The van der Waals surface area contributed by atoms with Crippen LogP contribution in [0.5, 0.6) is 0 Å². The van der Waals surface area contributed by atoms with Crippen LogP contribution >= 0.6 is 0 Å². The lowest BCUT2D eigenvalue weighted by molar-refractivity contribution is 0.0879. The van der Waals surface area contributed by atoms with Crippen molar-refractivity contribution in [2.24, 2.45) is 0 Å². The Balaban J connectivity index is 1.96. The van der Waals surface area contributed by atoms with E-state index in [-0.39, 0.29) is 22.4 Å². The van der Waals surface area contributed by atoms with Gasteiger partial charge in [0.15, 0.2) is 0 Å². The van der Waals surface area contributed by atoms with E-state index in [0.29, 0.717) is 6.07 Å². The summed E-state index contributed by atoms with van der Waals surface area (Å²) < 4.78 is 26.4. The van der Waals surface area contributed by atoms with Crippen molar-refractivity contribution in [1.29, 1.82) is 0 Å². The third-order valence-electron chi connectivity index (χ3n) is 3.19. The molecule has 3 rings (SSSR count). The van der Waals surface area contributed by atoms with Gasteiger partial charge in [-0.3, -0.25) is 19.7 Å². The van der Waals surface area contributed by atoms with Gasteiger partial charge in [0.25, 0.3) is 17.7 Å². The van der Waals surface area contributed by atoms with Gasteiger partial charge in [0.2, 0.25) is 0 Å². The van der Waals surface area contributed by atoms with Crippen LogP contribution in [0.15, 0.2) is 36.4 Å². The molecule has 1 aliphatic heterocycles. The molecule has 1 aliphatic rings. The van der Waals surface area contributed by atoms with E-state index in [2.05, 4.69) is 10.6 Å². The van der Waals surface area contributed by atoms with Gasteiger partial charge in [0, 0.05) is 6.07 Å². The highest BCUT2D eigenvalue weighted by Gasteiger charge is 2.30. The van der Waals surface area contributed by atoms with E-state index in [0.717, 1.165) is 12.1 Å². The number of nitrogens with one attached hydrogen (secondary N) is 2. The van der Waals surface area contributed by atoms with Gasteiger partial charge in [-0.05, 0) is 24.3 Å². The van der Waals surface area contributed by atoms with Crippen molar-refractivity contribution in [3.05, 3.63) is 64.7 Å². The second kappa shape index (κ2) is 5.03. The average Bonchev–Trinajstić information content (AvgIpc) is 2.75. The molecule has 3 amide bonds. The Morgan fingerprint density at radius 1 is 1.05 bits per heavy atom. The van der Waals surface area contributed by atoms with Gasteiger partial charge in [-0.15, -0.1) is 0 Å². The van der Waals surface area contributed by atoms with Crippen LogP contribution < -0.4 is 10.6 Å². The predicted octanol–water partition coefficient (Wildman–Crippen LogP) is 2.10. The summed E-state index contributed by atoms with van der Waals surface area (Å²) in [5.74, 6) is -3.89. The lowest BCUT2D eigenvalue weighted by Gasteiger charge is -2.09. The Labute approximate surface area is 122 Å². The van der Waals surface area contributed by atoms with Crippen LogP contribution in [0.1, 0.15) is 31.1 Å². The van der Waals surface area contributed by atoms with Crippen LogP contribution in [-0.4, -0.2) is 17.7 Å². The van der Waals surface area contributed by atoms with E-state index in [1.165, 1.54) is 18.2 Å². The second-order valence-electron chi connectivity index (χ2n) is 4.59. The highest BCUT2D eigenvalue weighted by molar-refractivity contribution is 6.25. The van der Waals surface area contributed by atoms with Crippen LogP contribution in [0, 0.1) is 11.6 Å². The molecular weight excluding hydrogens is 294 g/mol. The first-order valence-corrected chi connectivity index (χ1v) is 6.22. The Morgan fingerprint density at radius 3 is 2.55 bits per heavy atom. The van der Waals surface area contributed by atoms with Crippen LogP contribution in [0.25, 0.3) is 0 Å². The van der Waals surface area contributed by atoms with Crippen LogP contribution in [0.3, 0.4) is 0 Å². The molecule has 0 radical (unpaired) electrons. The van der Waals surface area contributed by atoms with Gasteiger partial charge in [-0.2, -0.15) is 0 Å². The molecule has 0 spiro atoms. The summed E-state index contributed by atoms with van der Waals surface area (Å²) in [5.41, 5.74) is -0.149. The quantitative estimate of drug-likeness (QED) is 0.834. The Bertz CT molecular complexity index is 834. The van der Waals surface area contributed by atoms with Crippen molar-refractivity contribution < 1.29 is 23.2 Å². The molecule has 110 valence electrons. The monoisotopic (exact) mass is 302 g/mol. The number of halogens is 2. The number of fused-ring (bicyclic) bond motifs is 1. The molecule has 5 nitrogen and oxygen atoms in total. The van der Waals surface area contributed by atoms with E-state index in [4.69, 9.17) is 0 Å². The Morgan fingerprint density at radius 2 is 1.82 bits per heavy atom. The molecule has 0 bridgehead atoms. The molecule has 0 fully saturated rings. The standard InChI is InChI=1S/C15H8F2N2O3/c16-7-4-5-8(10(17)6-7)13(20)18-11-3-1-2-9-12(11)15(22)19-14(9)21/h1-6H,(H,18,20)(H,19,21,22). The van der Waals surface area contributed by atoms with Gasteiger partial charge in [-0.1, -0.05) is 6.07 Å². The van der Waals surface area contributed by atoms with Crippen molar-refractivity contribution in [2.75, 3.05) is 5.32 Å². The maximum atomic E-state index is 13.6. The van der Waals surface area contributed by atoms with Crippen molar-refractivity contribution in [3.63, 3.8) is 0 Å². The molecule has 0 atom stereocenters. The number of hydrogen-bond acceptors (Lipinski definition) is 3. The summed E-state index contributed by atoms with van der Waals surface area (Å²) in [6.45, 7) is 0. The summed E-state index contributed by atoms with van der Waals surface area (Å²) in [5, 5.41) is 4.46. The van der Waals surface area contributed by atoms with Gasteiger partial charge in [0.05, 0.1) is 22.4 Å². The van der Waals surface area contributed by atoms with E-state index >= 15 is 0 Å². The lowest BCUT2D eigenvalue weighted by Crippen LogP contribution is -2.21. The Kier molecular flexibility index (Phi) is 3.17. The molecule has 0 saturated carbocycles. The van der Waals surface area contributed by atoms with Crippen molar-refractivity contribution in [3.8, 4) is 0 Å². The van der Waals surface area contributed by atoms with Crippen molar-refractivity contribution >= 4 is 23.4 Å². The maximum Gasteiger partial charge on any atom is 0.261 e. The largest absolute Gasteiger partial charge is 0.321 e. The normalized spacial score (nSPS) is 12.8. The molecule has 2 aromatic carbocycles. The molecule has 22 heavy (non-hydrogen) atoms. The summed E-state index contributed by atoms with van der Waals surface area (Å²) >= 11 is 0. The smallest absolute Gasteiger partial charge is 0.261 e. The number of carbonyl (C=O) groups is 3. The zero-order chi connectivity index (χ0) is 15.9. The van der Waals surface area contributed by atoms with Crippen molar-refractivity contribution in [2.45, 2.75) is 0 Å². The van der Waals surface area contributed by atoms with Crippen LogP contribution in [-0.2, 0) is 0 Å². The zero-order valence-corrected chi connectivity index (χ0v) is 10.9. The predicted molar refractivity (Wildman–Crippen MR) is 72.5 cm³/mol. The molecule has 0 aliphatic carbocycles. The lowest BCUT2D eigenvalue weighted by atomic mass is 10.1. The number of hydrogen-bond donors (Lipinski definition) is 2. The van der Waals surface area contributed by atoms with Crippen LogP contribution in [0.2, 0.25) is 0 Å². The number of benzene rings is 2. The average molecular weight is 302 g/mol. The molecule has 0 unspecified atom stereocenters. The molecule has 2 N–H and O–H groups in total. The molecule has 1 heterocycles. The maximum absolute atomic E-state index is 13.6. The number of carbonyl (C=O) groups excluding carboxylic acids is 3. The van der Waals surface area contributed by atoms with Crippen LogP contribution in [0.4, 0.5) is 14.5 Å². The second-order valence-corrected chi connectivity index (χ2v) is 4.59. The molecule has 7 heteroatoms. The van der Waals surface area contributed by atoms with Gasteiger partial charge in [-0.25, -0.2) is 8.78 Å². The SMILES string of the molecule is O=C(Nc1cccc2c1C(=O)NC2=O)c1ccc(F)cc1F. The molecule has 0 saturated heterocycles. The summed E-state index contributed by atoms with van der Waals surface area (Å²) in [6, 6.07) is 6.85. The van der Waals surface area contributed by atoms with Gasteiger partial charge in [0.1, 0.15) is 11.6 Å². The number of rotatable bonds is 2.